The molecule has 0 bridgehead atoms. The predicted octanol–water partition coefficient (Wildman–Crippen LogP) is 2.10. The quantitative estimate of drug-likeness (QED) is 0.510. The lowest BCUT2D eigenvalue weighted by atomic mass is 10.3. The van der Waals surface area contributed by atoms with Crippen LogP contribution >= 0.6 is 0 Å². The standard InChI is InChI=1S/C12H10N2O5S/c15-10-7-5-9(6-8-10)13-20(18,19)12-4-2-1-3-11(12)14(16)17/h1-8,13,15H. The van der Waals surface area contributed by atoms with Crippen LogP contribution in [-0.4, -0.2) is 18.4 Å². The van der Waals surface area contributed by atoms with Gasteiger partial charge in [-0.1, -0.05) is 12.1 Å². The lowest BCUT2D eigenvalue weighted by Crippen LogP contribution is -2.14. The first-order valence-corrected chi connectivity index (χ1v) is 6.94. The van der Waals surface area contributed by atoms with Crippen molar-refractivity contribution >= 4 is 21.4 Å². The van der Waals surface area contributed by atoms with Gasteiger partial charge in [-0.3, -0.25) is 14.8 Å². The van der Waals surface area contributed by atoms with E-state index in [2.05, 4.69) is 4.72 Å². The van der Waals surface area contributed by atoms with E-state index in [9.17, 15) is 18.5 Å². The molecule has 0 spiro atoms. The predicted molar refractivity (Wildman–Crippen MR) is 72.0 cm³/mol. The van der Waals surface area contributed by atoms with Crippen LogP contribution in [0, 0.1) is 10.1 Å². The largest absolute Gasteiger partial charge is 0.508 e. The summed E-state index contributed by atoms with van der Waals surface area (Å²) in [5.41, 5.74) is -0.306. The highest BCUT2D eigenvalue weighted by molar-refractivity contribution is 7.92. The molecule has 0 saturated carbocycles. The molecule has 0 atom stereocenters. The van der Waals surface area contributed by atoms with Gasteiger partial charge >= 0.3 is 0 Å². The summed E-state index contributed by atoms with van der Waals surface area (Å²) >= 11 is 0. The first-order valence-electron chi connectivity index (χ1n) is 5.45. The maximum atomic E-state index is 12.1. The normalized spacial score (nSPS) is 11.0. The van der Waals surface area contributed by atoms with Gasteiger partial charge in [0.2, 0.25) is 0 Å². The van der Waals surface area contributed by atoms with E-state index in [-0.39, 0.29) is 11.4 Å². The van der Waals surface area contributed by atoms with Gasteiger partial charge in [0.15, 0.2) is 4.90 Å². The van der Waals surface area contributed by atoms with Crippen LogP contribution in [-0.2, 0) is 10.0 Å². The Balaban J connectivity index is 2.41. The summed E-state index contributed by atoms with van der Waals surface area (Å²) in [6.07, 6.45) is 0. The molecule has 0 radical (unpaired) electrons. The summed E-state index contributed by atoms with van der Waals surface area (Å²) in [7, 11) is -4.08. The lowest BCUT2D eigenvalue weighted by molar-refractivity contribution is -0.387. The van der Waals surface area contributed by atoms with E-state index < -0.39 is 25.5 Å². The Bertz CT molecular complexity index is 741. The van der Waals surface area contributed by atoms with Crippen LogP contribution in [0.25, 0.3) is 0 Å². The molecule has 8 heteroatoms. The van der Waals surface area contributed by atoms with E-state index in [4.69, 9.17) is 5.11 Å². The molecular weight excluding hydrogens is 284 g/mol. The zero-order valence-corrected chi connectivity index (χ0v) is 10.9. The first kappa shape index (κ1) is 13.8. The molecule has 0 aliphatic heterocycles. The SMILES string of the molecule is O=[N+]([O-])c1ccccc1S(=O)(=O)Nc1ccc(O)cc1. The number of benzene rings is 2. The van der Waals surface area contributed by atoms with E-state index in [1.54, 1.807) is 0 Å². The van der Waals surface area contributed by atoms with Gasteiger partial charge in [-0.05, 0) is 30.3 Å². The first-order chi connectivity index (χ1) is 9.40. The summed E-state index contributed by atoms with van der Waals surface area (Å²) in [6.45, 7) is 0. The Kier molecular flexibility index (Phi) is 3.57. The van der Waals surface area contributed by atoms with Crippen molar-refractivity contribution < 1.29 is 18.4 Å². The molecule has 0 unspecified atom stereocenters. The van der Waals surface area contributed by atoms with Crippen molar-refractivity contribution in [1.29, 1.82) is 0 Å². The zero-order valence-electron chi connectivity index (χ0n) is 10.1. The zero-order chi connectivity index (χ0) is 14.8. The number of rotatable bonds is 4. The molecule has 2 N–H and O–H groups in total. The number of sulfonamides is 1. The Hall–Kier alpha value is -2.61. The summed E-state index contributed by atoms with van der Waals surface area (Å²) in [4.78, 5) is 9.67. The molecule has 20 heavy (non-hydrogen) atoms. The second-order valence-electron chi connectivity index (χ2n) is 3.88. The van der Waals surface area contributed by atoms with Crippen LogP contribution in [0.1, 0.15) is 0 Å². The van der Waals surface area contributed by atoms with Crippen molar-refractivity contribution in [3.05, 3.63) is 58.6 Å². The molecule has 0 aliphatic rings. The van der Waals surface area contributed by atoms with E-state index in [1.165, 1.54) is 36.4 Å². The molecule has 104 valence electrons. The third-order valence-corrected chi connectivity index (χ3v) is 3.90. The highest BCUT2D eigenvalue weighted by Gasteiger charge is 2.24. The fourth-order valence-electron chi connectivity index (χ4n) is 1.57. The van der Waals surface area contributed by atoms with Crippen LogP contribution in [0.5, 0.6) is 5.75 Å². The lowest BCUT2D eigenvalue weighted by Gasteiger charge is -2.08. The van der Waals surface area contributed by atoms with Crippen molar-refractivity contribution in [3.63, 3.8) is 0 Å². The number of hydrogen-bond acceptors (Lipinski definition) is 5. The highest BCUT2D eigenvalue weighted by atomic mass is 32.2. The molecule has 7 nitrogen and oxygen atoms in total. The smallest absolute Gasteiger partial charge is 0.289 e. The summed E-state index contributed by atoms with van der Waals surface area (Å²) in [6, 6.07) is 10.4. The van der Waals surface area contributed by atoms with E-state index >= 15 is 0 Å². The van der Waals surface area contributed by atoms with Gasteiger partial charge in [0.25, 0.3) is 15.7 Å². The number of nitrogens with zero attached hydrogens (tertiary/aromatic N) is 1. The molecule has 0 aliphatic carbocycles. The molecule has 0 fully saturated rings. The number of anilines is 1. The average molecular weight is 294 g/mol. The van der Waals surface area contributed by atoms with E-state index in [0.717, 1.165) is 12.1 Å². The summed E-state index contributed by atoms with van der Waals surface area (Å²) in [5, 5.41) is 20.0. The van der Waals surface area contributed by atoms with Crippen molar-refractivity contribution in [1.82, 2.24) is 0 Å². The van der Waals surface area contributed by atoms with E-state index in [0.29, 0.717) is 0 Å². The minimum atomic E-state index is -4.08. The molecule has 2 rings (SSSR count). The Morgan fingerprint density at radius 2 is 1.65 bits per heavy atom. The minimum absolute atomic E-state index is 0.0151. The monoisotopic (exact) mass is 294 g/mol. The van der Waals surface area contributed by atoms with Crippen LogP contribution in [0.2, 0.25) is 0 Å². The number of nitro groups is 1. The van der Waals surface area contributed by atoms with Crippen LogP contribution in [0.15, 0.2) is 53.4 Å². The molecule has 0 saturated heterocycles. The highest BCUT2D eigenvalue weighted by Crippen LogP contribution is 2.25. The Labute approximate surface area is 114 Å². The van der Waals surface area contributed by atoms with Crippen LogP contribution < -0.4 is 4.72 Å². The minimum Gasteiger partial charge on any atom is -0.508 e. The van der Waals surface area contributed by atoms with Gasteiger partial charge in [0.1, 0.15) is 5.75 Å². The second kappa shape index (κ2) is 5.17. The van der Waals surface area contributed by atoms with Gasteiger partial charge in [-0.15, -0.1) is 0 Å². The summed E-state index contributed by atoms with van der Waals surface area (Å²) in [5.74, 6) is -0.0151. The van der Waals surface area contributed by atoms with Gasteiger partial charge in [-0.2, -0.15) is 0 Å². The van der Waals surface area contributed by atoms with Crippen molar-refractivity contribution in [3.8, 4) is 5.75 Å². The molecular formula is C12H10N2O5S. The third-order valence-electron chi connectivity index (χ3n) is 2.47. The van der Waals surface area contributed by atoms with Crippen molar-refractivity contribution in [2.24, 2.45) is 0 Å². The second-order valence-corrected chi connectivity index (χ2v) is 5.53. The van der Waals surface area contributed by atoms with Crippen molar-refractivity contribution in [2.75, 3.05) is 4.72 Å². The number of phenolic OH excluding ortho intramolecular Hbond substituents is 1. The number of aromatic hydroxyl groups is 1. The fourth-order valence-corrected chi connectivity index (χ4v) is 2.81. The summed E-state index contributed by atoms with van der Waals surface area (Å²) < 4.78 is 26.5. The molecule has 2 aromatic carbocycles. The topological polar surface area (TPSA) is 110 Å². The van der Waals surface area contributed by atoms with Crippen LogP contribution in [0.3, 0.4) is 0 Å². The third kappa shape index (κ3) is 2.86. The number of nitrogens with one attached hydrogen (secondary N) is 1. The van der Waals surface area contributed by atoms with E-state index in [1.807, 2.05) is 0 Å². The number of para-hydroxylation sites is 1. The van der Waals surface area contributed by atoms with Crippen molar-refractivity contribution in [2.45, 2.75) is 4.90 Å². The Morgan fingerprint density at radius 1 is 1.05 bits per heavy atom. The fraction of sp³-hybridized carbons (Fsp3) is 0. The number of hydrogen-bond donors (Lipinski definition) is 2. The average Bonchev–Trinajstić information content (AvgIpc) is 2.41. The molecule has 0 aromatic heterocycles. The van der Waals surface area contributed by atoms with Gasteiger partial charge in [0.05, 0.1) is 4.92 Å². The molecule has 2 aromatic rings. The van der Waals surface area contributed by atoms with Gasteiger partial charge < -0.3 is 5.11 Å². The van der Waals surface area contributed by atoms with Gasteiger partial charge in [0, 0.05) is 11.8 Å². The molecule has 0 amide bonds. The molecule has 0 heterocycles. The number of phenols is 1. The Morgan fingerprint density at radius 3 is 2.25 bits per heavy atom. The maximum absolute atomic E-state index is 12.1. The van der Waals surface area contributed by atoms with Crippen LogP contribution in [0.4, 0.5) is 11.4 Å². The number of nitro benzene ring substituents is 1. The van der Waals surface area contributed by atoms with Gasteiger partial charge in [-0.25, -0.2) is 8.42 Å². The maximum Gasteiger partial charge on any atom is 0.289 e.